The minimum Gasteiger partial charge on any atom is -0.296 e. The van der Waals surface area contributed by atoms with Crippen LogP contribution in [0.3, 0.4) is 0 Å². The number of nitrogens with zero attached hydrogens (tertiary/aromatic N) is 1. The average molecular weight is 226 g/mol. The first-order valence-electron chi connectivity index (χ1n) is 5.34. The van der Waals surface area contributed by atoms with Crippen LogP contribution in [0.5, 0.6) is 0 Å². The average Bonchev–Trinajstić information content (AvgIpc) is 2.75. The minimum atomic E-state index is -0.513. The van der Waals surface area contributed by atoms with Crippen molar-refractivity contribution in [3.8, 4) is 0 Å². The van der Waals surface area contributed by atoms with Crippen molar-refractivity contribution in [3.05, 3.63) is 64.4 Å². The first-order chi connectivity index (χ1) is 8.31. The third kappa shape index (κ3) is 1.97. The Morgan fingerprint density at radius 1 is 1.12 bits per heavy atom. The molecule has 17 heavy (non-hydrogen) atoms. The van der Waals surface area contributed by atoms with Crippen molar-refractivity contribution < 1.29 is 4.52 Å². The zero-order chi connectivity index (χ0) is 11.7. The molecule has 84 valence electrons. The standard InChI is InChI=1S/C13H10N2O2/c16-13-14-12(15-17-13)8-9-5-6-10-3-1-2-4-11(10)7-9/h1-7H,8H2,(H,14,15,16). The molecule has 0 radical (unpaired) electrons. The van der Waals surface area contributed by atoms with Crippen LogP contribution < -0.4 is 5.76 Å². The first kappa shape index (κ1) is 9.84. The van der Waals surface area contributed by atoms with Gasteiger partial charge in [-0.2, -0.15) is 0 Å². The van der Waals surface area contributed by atoms with Gasteiger partial charge in [0, 0.05) is 6.42 Å². The molecular weight excluding hydrogens is 216 g/mol. The van der Waals surface area contributed by atoms with E-state index in [2.05, 4.69) is 38.9 Å². The van der Waals surface area contributed by atoms with Gasteiger partial charge >= 0.3 is 5.76 Å². The van der Waals surface area contributed by atoms with E-state index >= 15 is 0 Å². The van der Waals surface area contributed by atoms with Gasteiger partial charge in [0.2, 0.25) is 0 Å². The number of nitrogens with one attached hydrogen (secondary N) is 1. The van der Waals surface area contributed by atoms with Crippen molar-refractivity contribution in [1.82, 2.24) is 10.1 Å². The maximum atomic E-state index is 10.8. The monoisotopic (exact) mass is 226 g/mol. The molecule has 0 fully saturated rings. The van der Waals surface area contributed by atoms with Gasteiger partial charge in [-0.05, 0) is 16.3 Å². The van der Waals surface area contributed by atoms with Crippen LogP contribution in [-0.4, -0.2) is 10.1 Å². The van der Waals surface area contributed by atoms with Gasteiger partial charge in [0.25, 0.3) is 0 Å². The van der Waals surface area contributed by atoms with E-state index in [9.17, 15) is 4.79 Å². The summed E-state index contributed by atoms with van der Waals surface area (Å²) in [5.41, 5.74) is 1.09. The molecule has 0 amide bonds. The normalized spacial score (nSPS) is 10.8. The third-order valence-corrected chi connectivity index (χ3v) is 2.67. The van der Waals surface area contributed by atoms with Gasteiger partial charge in [-0.25, -0.2) is 4.79 Å². The molecule has 0 saturated heterocycles. The van der Waals surface area contributed by atoms with Gasteiger partial charge < -0.3 is 0 Å². The number of H-pyrrole nitrogens is 1. The SMILES string of the molecule is O=c1[nH]c(Cc2ccc3ccccc3c2)no1. The lowest BCUT2D eigenvalue weighted by Gasteiger charge is -2.01. The molecule has 3 aromatic rings. The van der Waals surface area contributed by atoms with Crippen molar-refractivity contribution in [2.75, 3.05) is 0 Å². The molecule has 0 atom stereocenters. The van der Waals surface area contributed by atoms with E-state index in [0.29, 0.717) is 12.2 Å². The van der Waals surface area contributed by atoms with Crippen LogP contribution in [0.1, 0.15) is 11.4 Å². The van der Waals surface area contributed by atoms with Crippen molar-refractivity contribution in [2.24, 2.45) is 0 Å². The Hall–Kier alpha value is -2.36. The Morgan fingerprint density at radius 2 is 1.94 bits per heavy atom. The molecule has 0 aliphatic heterocycles. The van der Waals surface area contributed by atoms with E-state index in [1.807, 2.05) is 18.2 Å². The Morgan fingerprint density at radius 3 is 2.71 bits per heavy atom. The summed E-state index contributed by atoms with van der Waals surface area (Å²) < 4.78 is 4.46. The lowest BCUT2D eigenvalue weighted by atomic mass is 10.1. The molecule has 4 nitrogen and oxygen atoms in total. The fourth-order valence-electron chi connectivity index (χ4n) is 1.88. The maximum Gasteiger partial charge on any atom is 0.438 e. The number of aromatic nitrogens is 2. The van der Waals surface area contributed by atoms with E-state index in [1.165, 1.54) is 10.8 Å². The molecule has 0 bridgehead atoms. The molecule has 0 saturated carbocycles. The minimum absolute atomic E-state index is 0.513. The fourth-order valence-corrected chi connectivity index (χ4v) is 1.88. The van der Waals surface area contributed by atoms with Crippen molar-refractivity contribution in [3.63, 3.8) is 0 Å². The molecule has 1 N–H and O–H groups in total. The predicted octanol–water partition coefficient (Wildman–Crippen LogP) is 2.11. The Labute approximate surface area is 96.9 Å². The molecular formula is C13H10N2O2. The van der Waals surface area contributed by atoms with Gasteiger partial charge in [-0.15, -0.1) is 0 Å². The predicted molar refractivity (Wildman–Crippen MR) is 63.9 cm³/mol. The zero-order valence-corrected chi connectivity index (χ0v) is 9.01. The summed E-state index contributed by atoms with van der Waals surface area (Å²) in [4.78, 5) is 13.3. The highest BCUT2D eigenvalue weighted by molar-refractivity contribution is 5.83. The van der Waals surface area contributed by atoms with Crippen molar-refractivity contribution >= 4 is 10.8 Å². The third-order valence-electron chi connectivity index (χ3n) is 2.67. The second-order valence-corrected chi connectivity index (χ2v) is 3.90. The highest BCUT2D eigenvalue weighted by Gasteiger charge is 2.02. The lowest BCUT2D eigenvalue weighted by molar-refractivity contribution is 0.382. The largest absolute Gasteiger partial charge is 0.438 e. The molecule has 1 heterocycles. The van der Waals surface area contributed by atoms with Gasteiger partial charge in [-0.1, -0.05) is 47.6 Å². The van der Waals surface area contributed by atoms with Gasteiger partial charge in [0.1, 0.15) is 0 Å². The van der Waals surface area contributed by atoms with E-state index in [-0.39, 0.29) is 0 Å². The number of rotatable bonds is 2. The fraction of sp³-hybridized carbons (Fsp3) is 0.0769. The van der Waals surface area contributed by atoms with Crippen molar-refractivity contribution in [1.29, 1.82) is 0 Å². The highest BCUT2D eigenvalue weighted by Crippen LogP contribution is 2.16. The maximum absolute atomic E-state index is 10.8. The lowest BCUT2D eigenvalue weighted by Crippen LogP contribution is -1.97. The topological polar surface area (TPSA) is 58.9 Å². The van der Waals surface area contributed by atoms with Crippen LogP contribution in [0.4, 0.5) is 0 Å². The van der Waals surface area contributed by atoms with E-state index in [4.69, 9.17) is 0 Å². The van der Waals surface area contributed by atoms with Crippen LogP contribution in [0.2, 0.25) is 0 Å². The molecule has 1 aromatic heterocycles. The summed E-state index contributed by atoms with van der Waals surface area (Å²) in [6.07, 6.45) is 0.566. The van der Waals surface area contributed by atoms with Gasteiger partial charge in [-0.3, -0.25) is 9.51 Å². The van der Waals surface area contributed by atoms with Crippen molar-refractivity contribution in [2.45, 2.75) is 6.42 Å². The molecule has 0 aliphatic rings. The summed E-state index contributed by atoms with van der Waals surface area (Å²) in [6, 6.07) is 14.3. The van der Waals surface area contributed by atoms with Crippen LogP contribution in [0.25, 0.3) is 10.8 Å². The Kier molecular flexibility index (Phi) is 2.26. The molecule has 0 aliphatic carbocycles. The second kappa shape index (κ2) is 3.90. The smallest absolute Gasteiger partial charge is 0.296 e. The summed E-state index contributed by atoms with van der Waals surface area (Å²) in [6.45, 7) is 0. The Balaban J connectivity index is 1.98. The number of benzene rings is 2. The summed E-state index contributed by atoms with van der Waals surface area (Å²) >= 11 is 0. The van der Waals surface area contributed by atoms with E-state index in [1.54, 1.807) is 0 Å². The van der Waals surface area contributed by atoms with Gasteiger partial charge in [0.15, 0.2) is 5.82 Å². The molecule has 4 heteroatoms. The van der Waals surface area contributed by atoms with Crippen LogP contribution in [0, 0.1) is 0 Å². The van der Waals surface area contributed by atoms with E-state index < -0.39 is 5.76 Å². The summed E-state index contributed by atoms with van der Waals surface area (Å²) in [5, 5.41) is 6.02. The zero-order valence-electron chi connectivity index (χ0n) is 9.01. The Bertz CT molecular complexity index is 712. The number of hydrogen-bond donors (Lipinski definition) is 1. The summed E-state index contributed by atoms with van der Waals surface area (Å²) in [7, 11) is 0. The molecule has 3 rings (SSSR count). The van der Waals surface area contributed by atoms with E-state index in [0.717, 1.165) is 5.56 Å². The van der Waals surface area contributed by atoms with Crippen LogP contribution in [-0.2, 0) is 6.42 Å². The summed E-state index contributed by atoms with van der Waals surface area (Å²) in [5.74, 6) is 0.0334. The second-order valence-electron chi connectivity index (χ2n) is 3.90. The highest BCUT2D eigenvalue weighted by atomic mass is 16.5. The number of fused-ring (bicyclic) bond motifs is 1. The van der Waals surface area contributed by atoms with Crippen LogP contribution in [0.15, 0.2) is 51.8 Å². The quantitative estimate of drug-likeness (QED) is 0.728. The van der Waals surface area contributed by atoms with Crippen LogP contribution >= 0.6 is 0 Å². The molecule has 2 aromatic carbocycles. The molecule has 0 unspecified atom stereocenters. The number of aromatic amines is 1. The molecule has 0 spiro atoms. The first-order valence-corrected chi connectivity index (χ1v) is 5.34. The van der Waals surface area contributed by atoms with Gasteiger partial charge in [0.05, 0.1) is 0 Å². The number of hydrogen-bond acceptors (Lipinski definition) is 3.